The van der Waals surface area contributed by atoms with E-state index in [0.29, 0.717) is 11.1 Å². The Morgan fingerprint density at radius 2 is 1.26 bits per heavy atom. The van der Waals surface area contributed by atoms with Crippen LogP contribution in [0, 0.1) is 0 Å². The third-order valence-electron chi connectivity index (χ3n) is 6.35. The number of fused-ring (bicyclic) bond motifs is 2. The van der Waals surface area contributed by atoms with Crippen LogP contribution in [0.4, 0.5) is 0 Å². The quantitative estimate of drug-likeness (QED) is 0.559. The molecule has 2 aliphatic carbocycles. The lowest BCUT2D eigenvalue weighted by molar-refractivity contribution is 1.14. The lowest BCUT2D eigenvalue weighted by atomic mass is 10.0. The molecular weight excluding hydrogens is 340 g/mol. The Hall–Kier alpha value is -2.64. The highest BCUT2D eigenvalue weighted by Gasteiger charge is 2.43. The van der Waals surface area contributed by atoms with Crippen LogP contribution in [0.3, 0.4) is 0 Å². The van der Waals surface area contributed by atoms with Crippen LogP contribution in [-0.4, -0.2) is 8.07 Å². The predicted octanol–water partition coefficient (Wildman–Crippen LogP) is 5.22. The van der Waals surface area contributed by atoms with Crippen molar-refractivity contribution >= 4 is 31.9 Å². The standard InChI is InChI=1S/C26H24Si/c1-27(2,23-16-20-12-6-7-13-21(20)17-23)26-24-15-9-8-14-22(24)18-25(26)19-10-4-3-5-11-19/h3-18,23,26H,1-2H3. The molecule has 0 aromatic heterocycles. The molecular formula is C26H24Si. The molecule has 0 nitrogen and oxygen atoms in total. The van der Waals surface area contributed by atoms with E-state index in [2.05, 4.69) is 110 Å². The number of rotatable bonds is 3. The van der Waals surface area contributed by atoms with Gasteiger partial charge in [-0.05, 0) is 38.2 Å². The van der Waals surface area contributed by atoms with Crippen LogP contribution >= 0.6 is 0 Å². The Bertz CT molecular complexity index is 1120. The molecule has 3 aromatic carbocycles. The number of hydrogen-bond acceptors (Lipinski definition) is 0. The summed E-state index contributed by atoms with van der Waals surface area (Å²) in [5.41, 5.74) is 6.87. The fourth-order valence-corrected chi connectivity index (χ4v) is 8.60. The van der Waals surface area contributed by atoms with Crippen molar-refractivity contribution in [2.75, 3.05) is 0 Å². The molecule has 5 rings (SSSR count). The van der Waals surface area contributed by atoms with Gasteiger partial charge in [0.25, 0.3) is 0 Å². The van der Waals surface area contributed by atoms with E-state index in [0.717, 1.165) is 0 Å². The van der Waals surface area contributed by atoms with Crippen LogP contribution in [-0.2, 0) is 0 Å². The Labute approximate surface area is 162 Å². The van der Waals surface area contributed by atoms with E-state index in [1.165, 1.54) is 32.7 Å². The minimum absolute atomic E-state index is 0.517. The summed E-state index contributed by atoms with van der Waals surface area (Å²) in [4.78, 5) is 0. The summed E-state index contributed by atoms with van der Waals surface area (Å²) in [7, 11) is -1.71. The van der Waals surface area contributed by atoms with E-state index in [4.69, 9.17) is 0 Å². The summed E-state index contributed by atoms with van der Waals surface area (Å²) in [6.07, 6.45) is 7.47. The van der Waals surface area contributed by atoms with E-state index in [-0.39, 0.29) is 0 Å². The maximum atomic E-state index is 2.57. The van der Waals surface area contributed by atoms with Gasteiger partial charge in [-0.25, -0.2) is 0 Å². The van der Waals surface area contributed by atoms with E-state index in [1.54, 1.807) is 0 Å². The topological polar surface area (TPSA) is 0 Å². The van der Waals surface area contributed by atoms with Gasteiger partial charge in [0.05, 0.1) is 8.07 Å². The molecule has 0 heterocycles. The molecule has 132 valence electrons. The van der Waals surface area contributed by atoms with Gasteiger partial charge < -0.3 is 0 Å². The van der Waals surface area contributed by atoms with E-state index in [1.807, 2.05) is 0 Å². The van der Waals surface area contributed by atoms with Crippen LogP contribution < -0.4 is 10.4 Å². The second-order valence-electron chi connectivity index (χ2n) is 8.34. The zero-order chi connectivity index (χ0) is 18.4. The van der Waals surface area contributed by atoms with Crippen molar-refractivity contribution < 1.29 is 0 Å². The molecule has 0 N–H and O–H groups in total. The molecule has 0 radical (unpaired) electrons. The summed E-state index contributed by atoms with van der Waals surface area (Å²) in [5, 5.41) is 2.80. The zero-order valence-electron chi connectivity index (χ0n) is 15.9. The largest absolute Gasteiger partial charge is 0.0724 e. The number of allylic oxidation sites excluding steroid dienone is 1. The molecule has 0 bridgehead atoms. The van der Waals surface area contributed by atoms with Crippen molar-refractivity contribution in [3.05, 3.63) is 106 Å². The average Bonchev–Trinajstić information content (AvgIpc) is 3.31. The minimum Gasteiger partial charge on any atom is -0.0724 e. The van der Waals surface area contributed by atoms with Crippen molar-refractivity contribution in [1.29, 1.82) is 0 Å². The second kappa shape index (κ2) is 6.21. The summed E-state index contributed by atoms with van der Waals surface area (Å²) < 4.78 is 0. The van der Waals surface area contributed by atoms with Gasteiger partial charge in [0.15, 0.2) is 0 Å². The Morgan fingerprint density at radius 3 is 1.96 bits per heavy atom. The van der Waals surface area contributed by atoms with Gasteiger partial charge in [0.2, 0.25) is 0 Å². The van der Waals surface area contributed by atoms with Gasteiger partial charge >= 0.3 is 0 Å². The third kappa shape index (κ3) is 2.65. The third-order valence-corrected chi connectivity index (χ3v) is 10.5. The molecule has 0 spiro atoms. The summed E-state index contributed by atoms with van der Waals surface area (Å²) in [6, 6.07) is 28.8. The van der Waals surface area contributed by atoms with Crippen LogP contribution in [0.2, 0.25) is 18.6 Å². The molecule has 0 aliphatic heterocycles. The van der Waals surface area contributed by atoms with Crippen molar-refractivity contribution in [3.8, 4) is 0 Å². The van der Waals surface area contributed by atoms with Gasteiger partial charge in [-0.1, -0.05) is 110 Å². The molecule has 1 heteroatoms. The summed E-state index contributed by atoms with van der Waals surface area (Å²) >= 11 is 0. The monoisotopic (exact) mass is 364 g/mol. The molecule has 0 amide bonds. The lowest BCUT2D eigenvalue weighted by Gasteiger charge is -2.36. The highest BCUT2D eigenvalue weighted by molar-refractivity contribution is 6.84. The van der Waals surface area contributed by atoms with Crippen molar-refractivity contribution in [1.82, 2.24) is 0 Å². The fraction of sp³-hybridized carbons (Fsp3) is 0.154. The zero-order valence-corrected chi connectivity index (χ0v) is 16.9. The molecule has 27 heavy (non-hydrogen) atoms. The van der Waals surface area contributed by atoms with E-state index < -0.39 is 8.07 Å². The second-order valence-corrected chi connectivity index (χ2v) is 13.2. The first-order valence-corrected chi connectivity index (χ1v) is 12.9. The van der Waals surface area contributed by atoms with Gasteiger partial charge in [-0.15, -0.1) is 0 Å². The SMILES string of the molecule is C[Si](C)(C1C=c2ccccc2=C1)C1C(c2ccccc2)=Cc2ccccc21. The Balaban J connectivity index is 1.65. The maximum absolute atomic E-state index is 2.57. The highest BCUT2D eigenvalue weighted by Crippen LogP contribution is 2.51. The Kier molecular flexibility index (Phi) is 3.80. The maximum Gasteiger partial charge on any atom is 0.0715 e. The average molecular weight is 365 g/mol. The van der Waals surface area contributed by atoms with E-state index >= 15 is 0 Å². The summed E-state index contributed by atoms with van der Waals surface area (Å²) in [5.74, 6) is 0. The minimum atomic E-state index is -1.71. The number of hydrogen-bond donors (Lipinski definition) is 0. The van der Waals surface area contributed by atoms with Crippen molar-refractivity contribution in [2.45, 2.75) is 24.2 Å². The van der Waals surface area contributed by atoms with Crippen LogP contribution in [0.1, 0.15) is 22.2 Å². The van der Waals surface area contributed by atoms with Gasteiger partial charge in [0.1, 0.15) is 0 Å². The van der Waals surface area contributed by atoms with E-state index in [9.17, 15) is 0 Å². The van der Waals surface area contributed by atoms with Crippen molar-refractivity contribution in [2.24, 2.45) is 0 Å². The van der Waals surface area contributed by atoms with Gasteiger partial charge in [-0.3, -0.25) is 0 Å². The molecule has 1 unspecified atom stereocenters. The Morgan fingerprint density at radius 1 is 0.667 bits per heavy atom. The molecule has 2 aliphatic rings. The highest BCUT2D eigenvalue weighted by atomic mass is 28.3. The first-order valence-electron chi connectivity index (χ1n) is 9.79. The smallest absolute Gasteiger partial charge is 0.0715 e. The molecule has 0 saturated heterocycles. The number of benzene rings is 3. The summed E-state index contributed by atoms with van der Waals surface area (Å²) in [6.45, 7) is 5.14. The van der Waals surface area contributed by atoms with Crippen LogP contribution in [0.25, 0.3) is 23.8 Å². The molecule has 1 atom stereocenters. The first kappa shape index (κ1) is 16.5. The van der Waals surface area contributed by atoms with Crippen molar-refractivity contribution in [3.63, 3.8) is 0 Å². The predicted molar refractivity (Wildman–Crippen MR) is 119 cm³/mol. The molecule has 0 fully saturated rings. The first-order chi connectivity index (χ1) is 13.1. The van der Waals surface area contributed by atoms with Gasteiger partial charge in [-0.2, -0.15) is 0 Å². The van der Waals surface area contributed by atoms with Crippen LogP contribution in [0.15, 0.2) is 78.9 Å². The molecule has 0 saturated carbocycles. The lowest BCUT2D eigenvalue weighted by Crippen LogP contribution is -2.38. The normalized spacial score (nSPS) is 18.3. The fourth-order valence-electron chi connectivity index (χ4n) is 4.88. The molecule has 3 aromatic rings. The van der Waals surface area contributed by atoms with Gasteiger partial charge in [0, 0.05) is 5.54 Å². The van der Waals surface area contributed by atoms with Crippen LogP contribution in [0.5, 0.6) is 0 Å².